The Morgan fingerprint density at radius 3 is 2.17 bits per heavy atom. The Kier molecular flexibility index (Phi) is 3.52. The number of carbonyl (C=O) groups is 1. The normalized spacial score (nSPS) is 9.89. The summed E-state index contributed by atoms with van der Waals surface area (Å²) in [4.78, 5) is 19.5. The summed E-state index contributed by atoms with van der Waals surface area (Å²) in [5.74, 6) is 0.867. The number of carbonyl (C=O) groups excluding carboxylic acids is 1. The Hall–Kier alpha value is -2.43. The van der Waals surface area contributed by atoms with Gasteiger partial charge in [0.1, 0.15) is 5.75 Å². The highest BCUT2D eigenvalue weighted by atomic mass is 16.5. The molecule has 0 aliphatic carbocycles. The second-order valence-corrected chi connectivity index (χ2v) is 3.52. The zero-order valence-corrected chi connectivity index (χ0v) is 10.1. The van der Waals surface area contributed by atoms with Gasteiger partial charge < -0.3 is 9.47 Å². The van der Waals surface area contributed by atoms with Gasteiger partial charge in [-0.3, -0.25) is 0 Å². The average molecular weight is 244 g/mol. The van der Waals surface area contributed by atoms with E-state index in [-0.39, 0.29) is 0 Å². The first-order valence-electron chi connectivity index (χ1n) is 5.29. The van der Waals surface area contributed by atoms with Gasteiger partial charge >= 0.3 is 5.97 Å². The van der Waals surface area contributed by atoms with E-state index in [1.54, 1.807) is 7.11 Å². The number of esters is 1. The third-order valence-electron chi connectivity index (χ3n) is 2.42. The summed E-state index contributed by atoms with van der Waals surface area (Å²) in [5, 5.41) is 0. The van der Waals surface area contributed by atoms with E-state index in [1.807, 2.05) is 24.3 Å². The molecule has 0 bridgehead atoms. The van der Waals surface area contributed by atoms with Gasteiger partial charge in [0, 0.05) is 18.0 Å². The molecule has 0 radical (unpaired) electrons. The molecule has 0 saturated carbocycles. The number of aromatic nitrogens is 2. The van der Waals surface area contributed by atoms with E-state index in [0.717, 1.165) is 11.3 Å². The lowest BCUT2D eigenvalue weighted by molar-refractivity contribution is 0.0600. The molecule has 2 rings (SSSR count). The number of methoxy groups -OCH3 is 2. The third-order valence-corrected chi connectivity index (χ3v) is 2.42. The number of ether oxygens (including phenoxy) is 2. The van der Waals surface area contributed by atoms with Crippen LogP contribution in [0.1, 0.15) is 10.4 Å². The van der Waals surface area contributed by atoms with Crippen molar-refractivity contribution in [2.75, 3.05) is 14.2 Å². The van der Waals surface area contributed by atoms with Crippen molar-refractivity contribution in [3.8, 4) is 17.1 Å². The molecule has 0 spiro atoms. The maximum Gasteiger partial charge on any atom is 0.341 e. The quantitative estimate of drug-likeness (QED) is 0.772. The first kappa shape index (κ1) is 12.0. The lowest BCUT2D eigenvalue weighted by atomic mass is 10.2. The summed E-state index contributed by atoms with van der Waals surface area (Å²) in [6.45, 7) is 0. The monoisotopic (exact) mass is 244 g/mol. The van der Waals surface area contributed by atoms with Gasteiger partial charge in [-0.15, -0.1) is 0 Å². The van der Waals surface area contributed by atoms with E-state index in [0.29, 0.717) is 11.4 Å². The second-order valence-electron chi connectivity index (χ2n) is 3.52. The highest BCUT2D eigenvalue weighted by molar-refractivity contribution is 5.88. The van der Waals surface area contributed by atoms with Gasteiger partial charge in [-0.05, 0) is 24.3 Å². The predicted octanol–water partition coefficient (Wildman–Crippen LogP) is 1.94. The van der Waals surface area contributed by atoms with Gasteiger partial charge in [0.2, 0.25) is 0 Å². The summed E-state index contributed by atoms with van der Waals surface area (Å²) in [7, 11) is 2.93. The van der Waals surface area contributed by atoms with Crippen molar-refractivity contribution >= 4 is 5.97 Å². The molecule has 0 saturated heterocycles. The lowest BCUT2D eigenvalue weighted by Gasteiger charge is -2.03. The van der Waals surface area contributed by atoms with E-state index in [1.165, 1.54) is 19.5 Å². The summed E-state index contributed by atoms with van der Waals surface area (Å²) in [6.07, 6.45) is 2.89. The third kappa shape index (κ3) is 2.45. The van der Waals surface area contributed by atoms with E-state index in [2.05, 4.69) is 14.7 Å². The smallest absolute Gasteiger partial charge is 0.341 e. The fourth-order valence-electron chi connectivity index (χ4n) is 1.44. The molecule has 0 aliphatic heterocycles. The van der Waals surface area contributed by atoms with Crippen molar-refractivity contribution in [2.45, 2.75) is 0 Å². The van der Waals surface area contributed by atoms with Gasteiger partial charge in [-0.2, -0.15) is 0 Å². The molecule has 0 atom stereocenters. The van der Waals surface area contributed by atoms with Gasteiger partial charge in [0.15, 0.2) is 5.82 Å². The van der Waals surface area contributed by atoms with Crippen LogP contribution in [0.4, 0.5) is 0 Å². The molecule has 18 heavy (non-hydrogen) atoms. The zero-order valence-electron chi connectivity index (χ0n) is 10.1. The molecule has 0 fully saturated rings. The fourth-order valence-corrected chi connectivity index (χ4v) is 1.44. The minimum atomic E-state index is -0.448. The number of rotatable bonds is 3. The van der Waals surface area contributed by atoms with Crippen LogP contribution in [0.2, 0.25) is 0 Å². The van der Waals surface area contributed by atoms with Crippen molar-refractivity contribution in [3.63, 3.8) is 0 Å². The van der Waals surface area contributed by atoms with Gasteiger partial charge in [0.25, 0.3) is 0 Å². The fraction of sp³-hybridized carbons (Fsp3) is 0.154. The number of hydrogen-bond donors (Lipinski definition) is 0. The predicted molar refractivity (Wildman–Crippen MR) is 65.4 cm³/mol. The summed E-state index contributed by atoms with van der Waals surface area (Å²) in [5.41, 5.74) is 1.18. The van der Waals surface area contributed by atoms with Crippen LogP contribution < -0.4 is 4.74 Å². The maximum absolute atomic E-state index is 11.2. The van der Waals surface area contributed by atoms with Crippen molar-refractivity contribution in [1.29, 1.82) is 0 Å². The average Bonchev–Trinajstić information content (AvgIpc) is 2.47. The van der Waals surface area contributed by atoms with E-state index >= 15 is 0 Å². The molecule has 5 heteroatoms. The molecule has 5 nitrogen and oxygen atoms in total. The topological polar surface area (TPSA) is 61.3 Å². The number of hydrogen-bond acceptors (Lipinski definition) is 5. The molecule has 0 aliphatic rings. The molecular weight excluding hydrogens is 232 g/mol. The Balaban J connectivity index is 2.25. The van der Waals surface area contributed by atoms with Crippen LogP contribution in [0, 0.1) is 0 Å². The standard InChI is InChI=1S/C13H12N2O3/c1-17-11-5-3-9(4-6-11)12-14-7-10(8-15-12)13(16)18-2/h3-8H,1-2H3. The Labute approximate surface area is 104 Å². The molecule has 0 amide bonds. The lowest BCUT2D eigenvalue weighted by Crippen LogP contribution is -2.03. The van der Waals surface area contributed by atoms with Crippen molar-refractivity contribution in [1.82, 2.24) is 9.97 Å². The van der Waals surface area contributed by atoms with Crippen LogP contribution in [0.5, 0.6) is 5.75 Å². The van der Waals surface area contributed by atoms with E-state index in [4.69, 9.17) is 4.74 Å². The molecule has 92 valence electrons. The molecular formula is C13H12N2O3. The van der Waals surface area contributed by atoms with Crippen LogP contribution in [-0.4, -0.2) is 30.2 Å². The first-order valence-corrected chi connectivity index (χ1v) is 5.29. The molecule has 0 N–H and O–H groups in total. The summed E-state index contributed by atoms with van der Waals surface area (Å²) >= 11 is 0. The van der Waals surface area contributed by atoms with Crippen LogP contribution in [-0.2, 0) is 4.74 Å². The van der Waals surface area contributed by atoms with E-state index in [9.17, 15) is 4.79 Å². The molecule has 1 aromatic heterocycles. The molecule has 1 aromatic carbocycles. The van der Waals surface area contributed by atoms with Crippen molar-refractivity contribution in [2.24, 2.45) is 0 Å². The number of benzene rings is 1. The summed E-state index contributed by atoms with van der Waals surface area (Å²) < 4.78 is 9.64. The van der Waals surface area contributed by atoms with Gasteiger partial charge in [0.05, 0.1) is 19.8 Å². The van der Waals surface area contributed by atoms with Crippen LogP contribution in [0.25, 0.3) is 11.4 Å². The van der Waals surface area contributed by atoms with Crippen LogP contribution in [0.15, 0.2) is 36.7 Å². The molecule has 0 unspecified atom stereocenters. The summed E-state index contributed by atoms with van der Waals surface area (Å²) in [6, 6.07) is 7.36. The molecule has 1 heterocycles. The minimum Gasteiger partial charge on any atom is -0.497 e. The van der Waals surface area contributed by atoms with Crippen molar-refractivity contribution in [3.05, 3.63) is 42.2 Å². The first-order chi connectivity index (χ1) is 8.74. The van der Waals surface area contributed by atoms with Crippen LogP contribution in [0.3, 0.4) is 0 Å². The van der Waals surface area contributed by atoms with Crippen LogP contribution >= 0.6 is 0 Å². The molecule has 2 aromatic rings. The Morgan fingerprint density at radius 1 is 1.06 bits per heavy atom. The zero-order chi connectivity index (χ0) is 13.0. The van der Waals surface area contributed by atoms with Gasteiger partial charge in [-0.25, -0.2) is 14.8 Å². The maximum atomic E-state index is 11.2. The SMILES string of the molecule is COC(=O)c1cnc(-c2ccc(OC)cc2)nc1. The second kappa shape index (κ2) is 5.27. The minimum absolute atomic E-state index is 0.328. The number of nitrogens with zero attached hydrogens (tertiary/aromatic N) is 2. The largest absolute Gasteiger partial charge is 0.497 e. The van der Waals surface area contributed by atoms with Crippen molar-refractivity contribution < 1.29 is 14.3 Å². The highest BCUT2D eigenvalue weighted by Gasteiger charge is 2.07. The van der Waals surface area contributed by atoms with Gasteiger partial charge in [-0.1, -0.05) is 0 Å². The highest BCUT2D eigenvalue weighted by Crippen LogP contribution is 2.18. The Morgan fingerprint density at radius 2 is 1.67 bits per heavy atom. The van der Waals surface area contributed by atoms with E-state index < -0.39 is 5.97 Å². The Bertz CT molecular complexity index is 535.